The summed E-state index contributed by atoms with van der Waals surface area (Å²) in [6, 6.07) is 15.9. The Morgan fingerprint density at radius 1 is 0.912 bits per heavy atom. The Balaban J connectivity index is 1.21. The van der Waals surface area contributed by atoms with Crippen molar-refractivity contribution in [2.75, 3.05) is 46.9 Å². The van der Waals surface area contributed by atoms with Gasteiger partial charge in [0.25, 0.3) is 5.91 Å². The molecular formula is C26H32N4O4. The lowest BCUT2D eigenvalue weighted by atomic mass is 10.1. The molecule has 1 saturated heterocycles. The van der Waals surface area contributed by atoms with Gasteiger partial charge >= 0.3 is 0 Å². The van der Waals surface area contributed by atoms with Crippen LogP contribution in [-0.4, -0.2) is 67.6 Å². The summed E-state index contributed by atoms with van der Waals surface area (Å²) in [6.07, 6.45) is 2.12. The van der Waals surface area contributed by atoms with Gasteiger partial charge in [0.2, 0.25) is 5.89 Å². The largest absolute Gasteiger partial charge is 0.496 e. The van der Waals surface area contributed by atoms with Crippen LogP contribution in [0.15, 0.2) is 59.2 Å². The summed E-state index contributed by atoms with van der Waals surface area (Å²) < 4.78 is 16.4. The van der Waals surface area contributed by atoms with Crippen molar-refractivity contribution in [2.24, 2.45) is 0 Å². The van der Waals surface area contributed by atoms with Crippen LogP contribution < -0.4 is 14.8 Å². The Labute approximate surface area is 200 Å². The molecule has 2 aromatic carbocycles. The summed E-state index contributed by atoms with van der Waals surface area (Å²) in [4.78, 5) is 21.6. The predicted octanol–water partition coefficient (Wildman–Crippen LogP) is 2.98. The van der Waals surface area contributed by atoms with Crippen LogP contribution in [0.4, 0.5) is 0 Å². The maximum Gasteiger partial charge on any atom is 0.273 e. The maximum absolute atomic E-state index is 12.5. The fourth-order valence-corrected chi connectivity index (χ4v) is 4.17. The normalized spacial score (nSPS) is 14.6. The van der Waals surface area contributed by atoms with Crippen molar-refractivity contribution < 1.29 is 18.7 Å². The molecule has 3 aromatic rings. The lowest BCUT2D eigenvalue weighted by Gasteiger charge is -2.34. The van der Waals surface area contributed by atoms with E-state index >= 15 is 0 Å². The van der Waals surface area contributed by atoms with Gasteiger partial charge in [0.05, 0.1) is 20.8 Å². The summed E-state index contributed by atoms with van der Waals surface area (Å²) in [5.74, 6) is 2.08. The average Bonchev–Trinajstić information content (AvgIpc) is 3.34. The van der Waals surface area contributed by atoms with Crippen molar-refractivity contribution in [3.8, 4) is 11.5 Å². The van der Waals surface area contributed by atoms with Gasteiger partial charge < -0.3 is 19.2 Å². The minimum atomic E-state index is -0.230. The molecule has 1 fully saturated rings. The second-order valence-corrected chi connectivity index (χ2v) is 8.31. The molecule has 1 aliphatic rings. The smallest absolute Gasteiger partial charge is 0.273 e. The fourth-order valence-electron chi connectivity index (χ4n) is 4.17. The molecule has 1 aromatic heterocycles. The Kier molecular flexibility index (Phi) is 8.17. The number of carbonyl (C=O) groups excluding carboxylic acids is 1. The van der Waals surface area contributed by atoms with Gasteiger partial charge in [0.15, 0.2) is 5.69 Å². The van der Waals surface area contributed by atoms with Crippen molar-refractivity contribution >= 4 is 5.91 Å². The molecule has 0 unspecified atom stereocenters. The van der Waals surface area contributed by atoms with E-state index in [4.69, 9.17) is 13.9 Å². The van der Waals surface area contributed by atoms with Crippen molar-refractivity contribution in [3.05, 3.63) is 77.5 Å². The van der Waals surface area contributed by atoms with E-state index in [1.807, 2.05) is 42.5 Å². The number of amides is 1. The first kappa shape index (κ1) is 23.8. The third-order valence-corrected chi connectivity index (χ3v) is 6.07. The topological polar surface area (TPSA) is 80.1 Å². The van der Waals surface area contributed by atoms with Crippen LogP contribution in [-0.2, 0) is 19.5 Å². The summed E-state index contributed by atoms with van der Waals surface area (Å²) in [5.41, 5.74) is 2.56. The number of benzene rings is 2. The highest BCUT2D eigenvalue weighted by Gasteiger charge is 2.20. The first-order valence-electron chi connectivity index (χ1n) is 11.6. The molecule has 0 saturated carbocycles. The number of nitrogens with zero attached hydrogens (tertiary/aromatic N) is 3. The van der Waals surface area contributed by atoms with Crippen LogP contribution in [0.1, 0.15) is 27.5 Å². The predicted molar refractivity (Wildman–Crippen MR) is 129 cm³/mol. The van der Waals surface area contributed by atoms with Gasteiger partial charge in [-0.1, -0.05) is 36.4 Å². The highest BCUT2D eigenvalue weighted by atomic mass is 16.5. The minimum Gasteiger partial charge on any atom is -0.496 e. The van der Waals surface area contributed by atoms with Gasteiger partial charge in [-0.15, -0.1) is 0 Å². The number of nitrogens with one attached hydrogen (secondary N) is 1. The Bertz CT molecular complexity index is 1080. The van der Waals surface area contributed by atoms with Gasteiger partial charge in [0.1, 0.15) is 17.8 Å². The Hall–Kier alpha value is -3.36. The highest BCUT2D eigenvalue weighted by molar-refractivity contribution is 5.91. The molecule has 180 valence electrons. The first-order chi connectivity index (χ1) is 16.7. The standard InChI is InChI=1S/C26H32N4O4/c1-32-23-9-5-3-7-20(23)11-12-27-26(31)22-19-34-25(28-22)18-30-15-13-29(14-16-30)17-21-8-4-6-10-24(21)33-2/h3-10,19H,11-18H2,1-2H3,(H,27,31). The van der Waals surface area contributed by atoms with E-state index in [1.54, 1.807) is 14.2 Å². The number of hydrogen-bond acceptors (Lipinski definition) is 7. The molecule has 2 heterocycles. The number of carbonyl (C=O) groups is 1. The third kappa shape index (κ3) is 6.15. The zero-order chi connectivity index (χ0) is 23.8. The van der Waals surface area contributed by atoms with Crippen molar-refractivity contribution in [3.63, 3.8) is 0 Å². The summed E-state index contributed by atoms with van der Waals surface area (Å²) >= 11 is 0. The summed E-state index contributed by atoms with van der Waals surface area (Å²) in [6.45, 7) is 5.70. The highest BCUT2D eigenvalue weighted by Crippen LogP contribution is 2.20. The third-order valence-electron chi connectivity index (χ3n) is 6.07. The zero-order valence-corrected chi connectivity index (χ0v) is 19.8. The Morgan fingerprint density at radius 2 is 1.50 bits per heavy atom. The number of rotatable bonds is 10. The number of oxazole rings is 1. The lowest BCUT2D eigenvalue weighted by Crippen LogP contribution is -2.45. The first-order valence-corrected chi connectivity index (χ1v) is 11.6. The van der Waals surface area contributed by atoms with Crippen LogP contribution in [0.2, 0.25) is 0 Å². The second-order valence-electron chi connectivity index (χ2n) is 8.31. The van der Waals surface area contributed by atoms with E-state index in [2.05, 4.69) is 26.2 Å². The molecule has 34 heavy (non-hydrogen) atoms. The molecule has 0 radical (unpaired) electrons. The van der Waals surface area contributed by atoms with Crippen LogP contribution in [0.3, 0.4) is 0 Å². The van der Waals surface area contributed by atoms with Crippen LogP contribution in [0.25, 0.3) is 0 Å². The van der Waals surface area contributed by atoms with Crippen LogP contribution in [0, 0.1) is 0 Å². The van der Waals surface area contributed by atoms with Crippen LogP contribution in [0.5, 0.6) is 11.5 Å². The van der Waals surface area contributed by atoms with E-state index < -0.39 is 0 Å². The van der Waals surface area contributed by atoms with E-state index in [9.17, 15) is 4.79 Å². The molecule has 1 amide bonds. The molecule has 0 spiro atoms. The zero-order valence-electron chi connectivity index (χ0n) is 19.8. The fraction of sp³-hybridized carbons (Fsp3) is 0.385. The number of hydrogen-bond donors (Lipinski definition) is 1. The quantitative estimate of drug-likeness (QED) is 0.494. The lowest BCUT2D eigenvalue weighted by molar-refractivity contribution is 0.0948. The molecule has 1 aliphatic heterocycles. The SMILES string of the molecule is COc1ccccc1CCNC(=O)c1coc(CN2CCN(Cc3ccccc3OC)CC2)n1. The van der Waals surface area contributed by atoms with Crippen LogP contribution >= 0.6 is 0 Å². The number of piperazine rings is 1. The summed E-state index contributed by atoms with van der Waals surface area (Å²) in [5, 5.41) is 2.91. The molecule has 8 nitrogen and oxygen atoms in total. The number of ether oxygens (including phenoxy) is 2. The van der Waals surface area contributed by atoms with Gasteiger partial charge in [-0.3, -0.25) is 14.6 Å². The van der Waals surface area contributed by atoms with Gasteiger partial charge in [0, 0.05) is 44.8 Å². The molecule has 8 heteroatoms. The van der Waals surface area contributed by atoms with Crippen molar-refractivity contribution in [2.45, 2.75) is 19.5 Å². The average molecular weight is 465 g/mol. The van der Waals surface area contributed by atoms with Gasteiger partial charge in [-0.2, -0.15) is 0 Å². The number of para-hydroxylation sites is 2. The van der Waals surface area contributed by atoms with E-state index in [-0.39, 0.29) is 5.91 Å². The second kappa shape index (κ2) is 11.7. The molecule has 1 N–H and O–H groups in total. The van der Waals surface area contributed by atoms with E-state index in [0.29, 0.717) is 31.1 Å². The van der Waals surface area contributed by atoms with Gasteiger partial charge in [-0.25, -0.2) is 4.98 Å². The minimum absolute atomic E-state index is 0.230. The molecule has 0 bridgehead atoms. The Morgan fingerprint density at radius 3 is 2.18 bits per heavy atom. The monoisotopic (exact) mass is 464 g/mol. The van der Waals surface area contributed by atoms with Crippen molar-refractivity contribution in [1.29, 1.82) is 0 Å². The van der Waals surface area contributed by atoms with E-state index in [0.717, 1.165) is 49.8 Å². The summed E-state index contributed by atoms with van der Waals surface area (Å²) in [7, 11) is 3.36. The van der Waals surface area contributed by atoms with Crippen molar-refractivity contribution in [1.82, 2.24) is 20.1 Å². The van der Waals surface area contributed by atoms with E-state index in [1.165, 1.54) is 11.8 Å². The maximum atomic E-state index is 12.5. The molecule has 0 aliphatic carbocycles. The molecular weight excluding hydrogens is 432 g/mol. The molecule has 0 atom stereocenters. The molecule has 4 rings (SSSR count). The van der Waals surface area contributed by atoms with Gasteiger partial charge in [-0.05, 0) is 24.1 Å². The number of methoxy groups -OCH3 is 2. The number of aromatic nitrogens is 1.